The molecule has 0 aliphatic rings. The van der Waals surface area contributed by atoms with Crippen LogP contribution in [-0.2, 0) is 0 Å². The summed E-state index contributed by atoms with van der Waals surface area (Å²) in [6, 6.07) is 0. The van der Waals surface area contributed by atoms with E-state index >= 15 is 0 Å². The smallest absolute Gasteiger partial charge is 0.0538 e. The van der Waals surface area contributed by atoms with Crippen molar-refractivity contribution in [2.24, 2.45) is 0 Å². The van der Waals surface area contributed by atoms with E-state index in [9.17, 15) is 0 Å². The molecule has 0 aromatic carbocycles. The van der Waals surface area contributed by atoms with Crippen LogP contribution in [0, 0.1) is 0 Å². The van der Waals surface area contributed by atoms with Crippen LogP contribution >= 0.6 is 0 Å². The number of hydrogen-bond donors (Lipinski definition) is 0. The highest BCUT2D eigenvalue weighted by Gasteiger charge is 1.68. The van der Waals surface area contributed by atoms with Gasteiger partial charge in [0.2, 0.25) is 0 Å². The van der Waals surface area contributed by atoms with Gasteiger partial charge in [-0.15, -0.1) is 0 Å². The molecule has 0 aliphatic heterocycles. The molecule has 0 saturated heterocycles. The normalized spacial score (nSPS) is 6.46. The molecule has 0 unspecified atom stereocenters. The largest absolute Gasteiger partial charge is 0.0683 e. The maximum Gasteiger partial charge on any atom is -0.0538 e. The number of unbranched alkanes of at least 4 members (excludes halogenated alkanes) is 3. The summed E-state index contributed by atoms with van der Waals surface area (Å²) in [5.74, 6) is 0. The van der Waals surface area contributed by atoms with Crippen molar-refractivity contribution in [3.05, 3.63) is 0 Å². The van der Waals surface area contributed by atoms with E-state index in [1.54, 1.807) is 0 Å². The van der Waals surface area contributed by atoms with Crippen LogP contribution in [0.25, 0.3) is 0 Å². The average molecular weight is 190 g/mol. The zero-order chi connectivity index (χ0) is 11.5. The summed E-state index contributed by atoms with van der Waals surface area (Å²) in [5, 5.41) is 0. The molecule has 86 valence electrons. The fourth-order valence-corrected chi connectivity index (χ4v) is 0.354. The first kappa shape index (κ1) is 23.1. The molecule has 0 heterocycles. The molecule has 0 amide bonds. The van der Waals surface area contributed by atoms with E-state index < -0.39 is 0 Å². The van der Waals surface area contributed by atoms with Crippen molar-refractivity contribution in [3.63, 3.8) is 0 Å². The summed E-state index contributed by atoms with van der Waals surface area (Å²) in [5.41, 5.74) is 0. The molecule has 0 fully saturated rings. The maximum atomic E-state index is 2.21. The van der Waals surface area contributed by atoms with Gasteiger partial charge in [0, 0.05) is 0 Å². The maximum absolute atomic E-state index is 2.21. The highest BCUT2D eigenvalue weighted by molar-refractivity contribution is 4.24. The third kappa shape index (κ3) is 133. The van der Waals surface area contributed by atoms with Gasteiger partial charge in [-0.2, -0.15) is 0 Å². The Morgan fingerprint density at radius 1 is 0.462 bits per heavy atom. The Bertz CT molecular complexity index is 19.2. The Labute approximate surface area is 88.1 Å². The zero-order valence-electron chi connectivity index (χ0n) is 11.5. The third-order valence-corrected chi connectivity index (χ3v) is 1.21. The molecule has 0 atom stereocenters. The van der Waals surface area contributed by atoms with Gasteiger partial charge in [0.1, 0.15) is 0 Å². The van der Waals surface area contributed by atoms with Gasteiger partial charge in [-0.25, -0.2) is 0 Å². The molecule has 0 aromatic heterocycles. The van der Waals surface area contributed by atoms with E-state index in [0.29, 0.717) is 0 Å². The van der Waals surface area contributed by atoms with Crippen molar-refractivity contribution in [2.45, 2.75) is 87.5 Å². The molecular formula is C13H34. The summed E-state index contributed by atoms with van der Waals surface area (Å²) in [6.07, 6.45) is 6.72. The van der Waals surface area contributed by atoms with E-state index in [-0.39, 0.29) is 0 Å². The third-order valence-electron chi connectivity index (χ3n) is 1.21. The minimum absolute atomic E-state index is 1.32. The van der Waals surface area contributed by atoms with Crippen LogP contribution in [0.1, 0.15) is 87.5 Å². The minimum atomic E-state index is 1.32. The first-order chi connectivity index (χ1) is 6.33. The lowest BCUT2D eigenvalue weighted by atomic mass is 10.3. The van der Waals surface area contributed by atoms with Gasteiger partial charge >= 0.3 is 0 Å². The molecule has 0 spiro atoms. The standard InChI is InChI=1S/C5H12.C4H10.2C2H6/c1-3-5-4-2;1-3-4-2;2*1-2/h3-5H2,1-2H3;3-4H2,1-2H3;2*1-2H3. The second-order valence-electron chi connectivity index (χ2n) is 2.35. The summed E-state index contributed by atoms with van der Waals surface area (Å²) in [7, 11) is 0. The molecule has 0 aromatic rings. The molecular weight excluding hydrogens is 156 g/mol. The Hall–Kier alpha value is 0. The van der Waals surface area contributed by atoms with Crippen LogP contribution in [0.5, 0.6) is 0 Å². The van der Waals surface area contributed by atoms with Crippen molar-refractivity contribution >= 4 is 0 Å². The van der Waals surface area contributed by atoms with Crippen LogP contribution in [0.4, 0.5) is 0 Å². The zero-order valence-corrected chi connectivity index (χ0v) is 11.5. The van der Waals surface area contributed by atoms with Gasteiger partial charge in [-0.05, 0) is 0 Å². The summed E-state index contributed by atoms with van der Waals surface area (Å²) >= 11 is 0. The monoisotopic (exact) mass is 190 g/mol. The van der Waals surface area contributed by atoms with E-state index in [0.717, 1.165) is 0 Å². The van der Waals surface area contributed by atoms with Crippen molar-refractivity contribution in [2.75, 3.05) is 0 Å². The lowest BCUT2D eigenvalue weighted by Crippen LogP contribution is -1.59. The Balaban J connectivity index is -0.0000000457. The lowest BCUT2D eigenvalue weighted by Gasteiger charge is -1.79. The van der Waals surface area contributed by atoms with Gasteiger partial charge in [0.05, 0.1) is 0 Å². The molecule has 0 radical (unpaired) electrons. The van der Waals surface area contributed by atoms with Crippen molar-refractivity contribution in [3.8, 4) is 0 Å². The van der Waals surface area contributed by atoms with Gasteiger partial charge < -0.3 is 0 Å². The highest BCUT2D eigenvalue weighted by atomic mass is 13.7. The SMILES string of the molecule is CC.CC.CCCC.CCCCC. The topological polar surface area (TPSA) is 0 Å². The molecule has 13 heavy (non-hydrogen) atoms. The average Bonchev–Trinajstić information content (AvgIpc) is 2.25. The minimum Gasteiger partial charge on any atom is -0.0683 e. The quantitative estimate of drug-likeness (QED) is 0.508. The van der Waals surface area contributed by atoms with E-state index in [2.05, 4.69) is 27.7 Å². The molecule has 0 N–H and O–H groups in total. The van der Waals surface area contributed by atoms with Crippen LogP contribution in [-0.4, -0.2) is 0 Å². The van der Waals surface area contributed by atoms with Crippen molar-refractivity contribution in [1.82, 2.24) is 0 Å². The van der Waals surface area contributed by atoms with Crippen molar-refractivity contribution < 1.29 is 0 Å². The fourth-order valence-electron chi connectivity index (χ4n) is 0.354. The Kier molecular flexibility index (Phi) is 103. The van der Waals surface area contributed by atoms with Crippen LogP contribution in [0.15, 0.2) is 0 Å². The molecule has 0 bridgehead atoms. The number of rotatable bonds is 3. The van der Waals surface area contributed by atoms with Gasteiger partial charge in [0.15, 0.2) is 0 Å². The van der Waals surface area contributed by atoms with Crippen LogP contribution in [0.3, 0.4) is 0 Å². The molecule has 0 aliphatic carbocycles. The Morgan fingerprint density at radius 2 is 0.692 bits per heavy atom. The number of hydrogen-bond acceptors (Lipinski definition) is 0. The summed E-state index contributed by atoms with van der Waals surface area (Å²) in [6.45, 7) is 16.8. The van der Waals surface area contributed by atoms with Gasteiger partial charge in [0.25, 0.3) is 0 Å². The van der Waals surface area contributed by atoms with Crippen LogP contribution < -0.4 is 0 Å². The molecule has 0 heteroatoms. The summed E-state index contributed by atoms with van der Waals surface area (Å²) in [4.78, 5) is 0. The van der Waals surface area contributed by atoms with Crippen LogP contribution in [0.2, 0.25) is 0 Å². The first-order valence-electron chi connectivity index (χ1n) is 6.33. The highest BCUT2D eigenvalue weighted by Crippen LogP contribution is 1.88. The van der Waals surface area contributed by atoms with E-state index in [1.165, 1.54) is 32.1 Å². The first-order valence-corrected chi connectivity index (χ1v) is 6.33. The second-order valence-corrected chi connectivity index (χ2v) is 2.35. The molecule has 0 rings (SSSR count). The Morgan fingerprint density at radius 3 is 0.692 bits per heavy atom. The predicted molar refractivity (Wildman–Crippen MR) is 68.5 cm³/mol. The van der Waals surface area contributed by atoms with E-state index in [4.69, 9.17) is 0 Å². The second kappa shape index (κ2) is 58.1. The van der Waals surface area contributed by atoms with Gasteiger partial charge in [-0.1, -0.05) is 87.5 Å². The van der Waals surface area contributed by atoms with Crippen molar-refractivity contribution in [1.29, 1.82) is 0 Å². The van der Waals surface area contributed by atoms with E-state index in [1.807, 2.05) is 27.7 Å². The molecule has 0 saturated carbocycles. The lowest BCUT2D eigenvalue weighted by molar-refractivity contribution is 0.772. The van der Waals surface area contributed by atoms with Gasteiger partial charge in [-0.3, -0.25) is 0 Å². The predicted octanol–water partition coefficient (Wildman–Crippen LogP) is 6.06. The summed E-state index contributed by atoms with van der Waals surface area (Å²) < 4.78 is 0. The fraction of sp³-hybridized carbons (Fsp3) is 1.00. The molecule has 0 nitrogen and oxygen atoms in total.